The van der Waals surface area contributed by atoms with Crippen molar-refractivity contribution in [3.8, 4) is 11.8 Å². The van der Waals surface area contributed by atoms with Crippen molar-refractivity contribution in [3.05, 3.63) is 47.3 Å². The van der Waals surface area contributed by atoms with Crippen LogP contribution >= 0.6 is 0 Å². The van der Waals surface area contributed by atoms with E-state index in [-0.39, 0.29) is 6.10 Å². The third-order valence-corrected chi connectivity index (χ3v) is 4.67. The molecule has 1 saturated heterocycles. The van der Waals surface area contributed by atoms with Crippen molar-refractivity contribution in [2.24, 2.45) is 5.92 Å². The Balaban J connectivity index is 1.59. The Morgan fingerprint density at radius 3 is 3.08 bits per heavy atom. The van der Waals surface area contributed by atoms with Gasteiger partial charge in [0.15, 0.2) is 0 Å². The predicted molar refractivity (Wildman–Crippen MR) is 94.1 cm³/mol. The van der Waals surface area contributed by atoms with Gasteiger partial charge in [-0.25, -0.2) is 0 Å². The molecule has 1 aromatic heterocycles. The lowest BCUT2D eigenvalue weighted by Gasteiger charge is -2.20. The van der Waals surface area contributed by atoms with Crippen LogP contribution in [-0.2, 0) is 17.8 Å². The Hall–Kier alpha value is -2.36. The molecule has 3 rings (SSSR count). The molecule has 0 amide bonds. The molecule has 1 aromatic carbocycles. The van der Waals surface area contributed by atoms with Crippen LogP contribution in [0.5, 0.6) is 5.75 Å². The summed E-state index contributed by atoms with van der Waals surface area (Å²) >= 11 is 0. The van der Waals surface area contributed by atoms with E-state index in [4.69, 9.17) is 9.47 Å². The van der Waals surface area contributed by atoms with Crippen LogP contribution in [0.3, 0.4) is 0 Å². The van der Waals surface area contributed by atoms with Gasteiger partial charge in [-0.15, -0.1) is 0 Å². The first-order valence-electron chi connectivity index (χ1n) is 8.67. The smallest absolute Gasteiger partial charge is 0.136 e. The molecule has 2 aromatic rings. The Labute approximate surface area is 148 Å². The van der Waals surface area contributed by atoms with Gasteiger partial charge in [-0.2, -0.15) is 10.4 Å². The van der Waals surface area contributed by atoms with Crippen molar-refractivity contribution in [1.29, 1.82) is 5.26 Å². The molecule has 6 nitrogen and oxygen atoms in total. The number of hydrogen-bond donors (Lipinski definition) is 1. The molecule has 1 aliphatic heterocycles. The van der Waals surface area contributed by atoms with Crippen LogP contribution in [0.25, 0.3) is 0 Å². The van der Waals surface area contributed by atoms with Crippen LogP contribution in [0.1, 0.15) is 36.3 Å². The number of rotatable bonds is 7. The topological polar surface area (TPSA) is 72.1 Å². The quantitative estimate of drug-likeness (QED) is 0.839. The van der Waals surface area contributed by atoms with Crippen LogP contribution in [0.2, 0.25) is 0 Å². The van der Waals surface area contributed by atoms with E-state index >= 15 is 0 Å². The SMILES string of the molecule is CCn1nccc1[C@@H]1OCC[C@H]1CNCc1ccc(OC)c(C#N)c1. The summed E-state index contributed by atoms with van der Waals surface area (Å²) in [6, 6.07) is 9.93. The number of nitrogens with one attached hydrogen (secondary N) is 1. The Morgan fingerprint density at radius 1 is 1.44 bits per heavy atom. The van der Waals surface area contributed by atoms with Gasteiger partial charge in [0.2, 0.25) is 0 Å². The van der Waals surface area contributed by atoms with E-state index in [0.717, 1.165) is 43.9 Å². The second-order valence-corrected chi connectivity index (χ2v) is 6.19. The number of methoxy groups -OCH3 is 1. The van der Waals surface area contributed by atoms with E-state index in [9.17, 15) is 5.26 Å². The zero-order valence-electron chi connectivity index (χ0n) is 14.7. The number of benzene rings is 1. The lowest BCUT2D eigenvalue weighted by Crippen LogP contribution is -2.25. The summed E-state index contributed by atoms with van der Waals surface area (Å²) in [7, 11) is 1.58. The third-order valence-electron chi connectivity index (χ3n) is 4.67. The first kappa shape index (κ1) is 17.5. The summed E-state index contributed by atoms with van der Waals surface area (Å²) < 4.78 is 13.2. The number of ether oxygens (including phenoxy) is 2. The van der Waals surface area contributed by atoms with E-state index in [0.29, 0.717) is 17.2 Å². The largest absolute Gasteiger partial charge is 0.495 e. The van der Waals surface area contributed by atoms with Gasteiger partial charge in [-0.3, -0.25) is 4.68 Å². The predicted octanol–water partition coefficient (Wildman–Crippen LogP) is 2.65. The first-order valence-corrected chi connectivity index (χ1v) is 8.67. The van der Waals surface area contributed by atoms with Crippen molar-refractivity contribution in [2.45, 2.75) is 32.5 Å². The Kier molecular flexibility index (Phi) is 5.69. The van der Waals surface area contributed by atoms with Crippen molar-refractivity contribution in [1.82, 2.24) is 15.1 Å². The van der Waals surface area contributed by atoms with Crippen LogP contribution in [0, 0.1) is 17.2 Å². The highest BCUT2D eigenvalue weighted by atomic mass is 16.5. The van der Waals surface area contributed by atoms with Gasteiger partial charge >= 0.3 is 0 Å². The summed E-state index contributed by atoms with van der Waals surface area (Å²) in [5.74, 6) is 1.04. The molecule has 0 saturated carbocycles. The highest BCUT2D eigenvalue weighted by molar-refractivity contribution is 5.45. The number of aromatic nitrogens is 2. The number of aryl methyl sites for hydroxylation is 1. The summed E-state index contributed by atoms with van der Waals surface area (Å²) in [6.45, 7) is 5.32. The van der Waals surface area contributed by atoms with Gasteiger partial charge < -0.3 is 14.8 Å². The lowest BCUT2D eigenvalue weighted by atomic mass is 9.98. The van der Waals surface area contributed by atoms with E-state index in [2.05, 4.69) is 29.5 Å². The Bertz CT molecular complexity index is 750. The molecule has 0 bridgehead atoms. The number of hydrogen-bond acceptors (Lipinski definition) is 5. The summed E-state index contributed by atoms with van der Waals surface area (Å²) in [5, 5.41) is 17.0. The molecule has 0 unspecified atom stereocenters. The van der Waals surface area contributed by atoms with Crippen molar-refractivity contribution in [3.63, 3.8) is 0 Å². The molecule has 0 aliphatic carbocycles. The second kappa shape index (κ2) is 8.15. The average molecular weight is 340 g/mol. The third kappa shape index (κ3) is 3.84. The maximum absolute atomic E-state index is 9.19. The summed E-state index contributed by atoms with van der Waals surface area (Å²) in [4.78, 5) is 0. The molecule has 1 fully saturated rings. The molecule has 1 aliphatic rings. The zero-order valence-corrected chi connectivity index (χ0v) is 14.7. The second-order valence-electron chi connectivity index (χ2n) is 6.19. The molecule has 2 heterocycles. The highest BCUT2D eigenvalue weighted by Gasteiger charge is 2.31. The van der Waals surface area contributed by atoms with E-state index in [1.54, 1.807) is 7.11 Å². The van der Waals surface area contributed by atoms with E-state index in [1.807, 2.05) is 29.1 Å². The maximum Gasteiger partial charge on any atom is 0.136 e. The summed E-state index contributed by atoms with van der Waals surface area (Å²) in [6.07, 6.45) is 2.98. The van der Waals surface area contributed by atoms with Crippen LogP contribution < -0.4 is 10.1 Å². The minimum absolute atomic E-state index is 0.0977. The molecular weight excluding hydrogens is 316 g/mol. The number of nitriles is 1. The molecule has 6 heteroatoms. The lowest BCUT2D eigenvalue weighted by molar-refractivity contribution is 0.0830. The van der Waals surface area contributed by atoms with Gasteiger partial charge in [-0.05, 0) is 37.1 Å². The standard InChI is InChI=1S/C19H24N4O2/c1-3-23-17(6-8-22-23)19-15(7-9-25-19)13-21-12-14-4-5-18(24-2)16(10-14)11-20/h4-6,8,10,15,19,21H,3,7,9,12-13H2,1-2H3/t15-,19+/m0/s1. The average Bonchev–Trinajstić information content (AvgIpc) is 3.29. The van der Waals surface area contributed by atoms with Crippen LogP contribution in [-0.4, -0.2) is 30.0 Å². The normalized spacial score (nSPS) is 19.7. The molecule has 132 valence electrons. The highest BCUT2D eigenvalue weighted by Crippen LogP contribution is 2.34. The zero-order chi connectivity index (χ0) is 17.6. The van der Waals surface area contributed by atoms with E-state index < -0.39 is 0 Å². The molecule has 0 spiro atoms. The molecular formula is C19H24N4O2. The fourth-order valence-corrected chi connectivity index (χ4v) is 3.37. The van der Waals surface area contributed by atoms with Gasteiger partial charge in [0.05, 0.1) is 18.4 Å². The van der Waals surface area contributed by atoms with Gasteiger partial charge in [0.1, 0.15) is 17.9 Å². The fourth-order valence-electron chi connectivity index (χ4n) is 3.37. The van der Waals surface area contributed by atoms with Crippen LogP contribution in [0.15, 0.2) is 30.5 Å². The van der Waals surface area contributed by atoms with Gasteiger partial charge in [0.25, 0.3) is 0 Å². The number of nitrogens with zero attached hydrogens (tertiary/aromatic N) is 3. The summed E-state index contributed by atoms with van der Waals surface area (Å²) in [5.41, 5.74) is 2.80. The minimum atomic E-state index is 0.0977. The molecule has 1 N–H and O–H groups in total. The molecule has 0 radical (unpaired) electrons. The fraction of sp³-hybridized carbons (Fsp3) is 0.474. The van der Waals surface area contributed by atoms with E-state index in [1.165, 1.54) is 0 Å². The van der Waals surface area contributed by atoms with Crippen molar-refractivity contribution < 1.29 is 9.47 Å². The first-order chi connectivity index (χ1) is 12.3. The van der Waals surface area contributed by atoms with Gasteiger partial charge in [0, 0.05) is 38.4 Å². The molecule has 2 atom stereocenters. The van der Waals surface area contributed by atoms with Crippen molar-refractivity contribution >= 4 is 0 Å². The van der Waals surface area contributed by atoms with Crippen molar-refractivity contribution in [2.75, 3.05) is 20.3 Å². The maximum atomic E-state index is 9.19. The molecule has 25 heavy (non-hydrogen) atoms. The van der Waals surface area contributed by atoms with Gasteiger partial charge in [-0.1, -0.05) is 6.07 Å². The Morgan fingerprint density at radius 2 is 2.32 bits per heavy atom. The monoisotopic (exact) mass is 340 g/mol. The van der Waals surface area contributed by atoms with Crippen LogP contribution in [0.4, 0.5) is 0 Å². The minimum Gasteiger partial charge on any atom is -0.495 e.